The maximum absolute atomic E-state index is 12.8. The third kappa shape index (κ3) is 4.72. The number of hydrogen-bond acceptors (Lipinski definition) is 8. The fourth-order valence-corrected chi connectivity index (χ4v) is 3.56. The summed E-state index contributed by atoms with van der Waals surface area (Å²) < 4.78 is 87.0. The first-order valence-corrected chi connectivity index (χ1v) is 9.94. The molecule has 2 heterocycles. The summed E-state index contributed by atoms with van der Waals surface area (Å²) in [6, 6.07) is 6.38. The van der Waals surface area contributed by atoms with Gasteiger partial charge in [0.25, 0.3) is 0 Å². The molecular formula is C17H19F3O8S. The molecule has 0 saturated carbocycles. The molecule has 1 aromatic carbocycles. The van der Waals surface area contributed by atoms with E-state index in [1.54, 1.807) is 12.1 Å². The number of halogens is 3. The van der Waals surface area contributed by atoms with E-state index in [2.05, 4.69) is 4.18 Å². The molecule has 3 rings (SSSR count). The van der Waals surface area contributed by atoms with Crippen LogP contribution in [0.5, 0.6) is 0 Å². The maximum Gasteiger partial charge on any atom is 0.523 e. The van der Waals surface area contributed by atoms with Gasteiger partial charge in [-0.15, -0.1) is 0 Å². The molecule has 12 heteroatoms. The molecular weight excluding hydrogens is 421 g/mol. The molecule has 162 valence electrons. The third-order valence-corrected chi connectivity index (χ3v) is 5.32. The van der Waals surface area contributed by atoms with Crippen molar-refractivity contribution in [3.05, 3.63) is 35.4 Å². The Morgan fingerprint density at radius 1 is 1.17 bits per heavy atom. The number of esters is 1. The van der Waals surface area contributed by atoms with Crippen LogP contribution in [-0.4, -0.2) is 56.9 Å². The van der Waals surface area contributed by atoms with Crippen LogP contribution in [0.1, 0.15) is 29.8 Å². The Morgan fingerprint density at radius 3 is 2.38 bits per heavy atom. The van der Waals surface area contributed by atoms with Crippen molar-refractivity contribution in [3.8, 4) is 0 Å². The van der Waals surface area contributed by atoms with Crippen LogP contribution in [-0.2, 0) is 33.2 Å². The quantitative estimate of drug-likeness (QED) is 0.391. The van der Waals surface area contributed by atoms with Crippen LogP contribution in [0.2, 0.25) is 0 Å². The number of rotatable bonds is 5. The minimum atomic E-state index is -5.94. The van der Waals surface area contributed by atoms with Gasteiger partial charge in [-0.3, -0.25) is 4.18 Å². The summed E-state index contributed by atoms with van der Waals surface area (Å²) in [5, 5.41) is 0. The third-order valence-electron chi connectivity index (χ3n) is 4.27. The van der Waals surface area contributed by atoms with Gasteiger partial charge in [-0.25, -0.2) is 4.79 Å². The lowest BCUT2D eigenvalue weighted by Gasteiger charge is -2.25. The molecule has 0 aromatic heterocycles. The van der Waals surface area contributed by atoms with Gasteiger partial charge >= 0.3 is 21.6 Å². The van der Waals surface area contributed by atoms with Crippen LogP contribution in [0.3, 0.4) is 0 Å². The molecule has 2 aliphatic rings. The smallest absolute Gasteiger partial charge is 0.459 e. The lowest BCUT2D eigenvalue weighted by Crippen LogP contribution is -2.43. The van der Waals surface area contributed by atoms with Gasteiger partial charge in [-0.05, 0) is 32.9 Å². The minimum Gasteiger partial charge on any atom is -0.459 e. The van der Waals surface area contributed by atoms with Crippen molar-refractivity contribution in [2.24, 2.45) is 0 Å². The summed E-state index contributed by atoms with van der Waals surface area (Å²) >= 11 is 0. The monoisotopic (exact) mass is 440 g/mol. The van der Waals surface area contributed by atoms with Crippen LogP contribution < -0.4 is 0 Å². The molecule has 0 bridgehead atoms. The highest BCUT2D eigenvalue weighted by Crippen LogP contribution is 2.40. The zero-order valence-electron chi connectivity index (χ0n) is 15.6. The van der Waals surface area contributed by atoms with Crippen molar-refractivity contribution in [2.45, 2.75) is 56.7 Å². The van der Waals surface area contributed by atoms with Crippen LogP contribution >= 0.6 is 0 Å². The predicted molar refractivity (Wildman–Crippen MR) is 90.0 cm³/mol. The van der Waals surface area contributed by atoms with Crippen molar-refractivity contribution in [2.75, 3.05) is 6.61 Å². The van der Waals surface area contributed by atoms with Gasteiger partial charge in [0.2, 0.25) is 0 Å². The first-order chi connectivity index (χ1) is 13.3. The standard InChI is InChI=1S/C17H19F3O8S/c1-9-4-6-10(7-5-9)14(21)24-8-11-12(28-29(22,23)17(18,19)20)13-15(25-11)27-16(2,3)26-13/h4-7,11-13,15H,8H2,1-3H3/t11-,12-,13-,15-/m0/s1. The minimum absolute atomic E-state index is 0.211. The summed E-state index contributed by atoms with van der Waals surface area (Å²) in [7, 11) is -5.94. The SMILES string of the molecule is Cc1ccc(C(=O)OC[C@@H]2O[C@H]3OC(C)(C)O[C@H]3[C@H]2OS(=O)(=O)C(F)(F)F)cc1. The normalized spacial score (nSPS) is 28.9. The van der Waals surface area contributed by atoms with E-state index >= 15 is 0 Å². The number of carbonyl (C=O) groups is 1. The largest absolute Gasteiger partial charge is 0.523 e. The Morgan fingerprint density at radius 2 is 1.79 bits per heavy atom. The second-order valence-electron chi connectivity index (χ2n) is 7.07. The number of alkyl halides is 3. The lowest BCUT2D eigenvalue weighted by molar-refractivity contribution is -0.217. The van der Waals surface area contributed by atoms with E-state index in [4.69, 9.17) is 18.9 Å². The Labute approximate surface area is 164 Å². The molecule has 4 atom stereocenters. The molecule has 2 fully saturated rings. The number of aryl methyl sites for hydroxylation is 1. The first-order valence-electron chi connectivity index (χ1n) is 8.53. The number of hydrogen-bond donors (Lipinski definition) is 0. The van der Waals surface area contributed by atoms with Crippen molar-refractivity contribution in [1.82, 2.24) is 0 Å². The van der Waals surface area contributed by atoms with Gasteiger partial charge in [0.15, 0.2) is 12.1 Å². The molecule has 2 saturated heterocycles. The van der Waals surface area contributed by atoms with Crippen molar-refractivity contribution < 1.29 is 49.5 Å². The van der Waals surface area contributed by atoms with Crippen molar-refractivity contribution in [1.29, 1.82) is 0 Å². The number of ether oxygens (including phenoxy) is 4. The second-order valence-corrected chi connectivity index (χ2v) is 8.63. The van der Waals surface area contributed by atoms with Gasteiger partial charge < -0.3 is 18.9 Å². The Bertz CT molecular complexity index is 866. The van der Waals surface area contributed by atoms with E-state index in [1.165, 1.54) is 26.0 Å². The highest BCUT2D eigenvalue weighted by Gasteiger charge is 2.59. The van der Waals surface area contributed by atoms with Crippen LogP contribution in [0.15, 0.2) is 24.3 Å². The zero-order chi connectivity index (χ0) is 21.6. The second kappa shape index (κ2) is 7.51. The summed E-state index contributed by atoms with van der Waals surface area (Å²) in [6.07, 6.45) is -5.52. The van der Waals surface area contributed by atoms with Gasteiger partial charge in [-0.2, -0.15) is 21.6 Å². The molecule has 1 aromatic rings. The maximum atomic E-state index is 12.8. The summed E-state index contributed by atoms with van der Waals surface area (Å²) in [6.45, 7) is 4.22. The van der Waals surface area contributed by atoms with Gasteiger partial charge in [0, 0.05) is 0 Å². The predicted octanol–water partition coefficient (Wildman–Crippen LogP) is 2.26. The van der Waals surface area contributed by atoms with Crippen LogP contribution in [0.4, 0.5) is 13.2 Å². The average Bonchev–Trinajstić information content (AvgIpc) is 3.04. The van der Waals surface area contributed by atoms with E-state index in [0.29, 0.717) is 0 Å². The van der Waals surface area contributed by atoms with Crippen molar-refractivity contribution in [3.63, 3.8) is 0 Å². The Hall–Kier alpha value is -1.73. The van der Waals surface area contributed by atoms with E-state index < -0.39 is 58.6 Å². The molecule has 0 amide bonds. The number of fused-ring (bicyclic) bond motifs is 1. The Kier molecular flexibility index (Phi) is 5.69. The van der Waals surface area contributed by atoms with Gasteiger partial charge in [0.05, 0.1) is 5.56 Å². The van der Waals surface area contributed by atoms with Gasteiger partial charge in [-0.1, -0.05) is 17.7 Å². The zero-order valence-corrected chi connectivity index (χ0v) is 16.5. The topological polar surface area (TPSA) is 97.4 Å². The average molecular weight is 440 g/mol. The summed E-state index contributed by atoms with van der Waals surface area (Å²) in [5.41, 5.74) is -4.51. The molecule has 0 aliphatic carbocycles. The number of benzene rings is 1. The van der Waals surface area contributed by atoms with E-state index in [0.717, 1.165) is 5.56 Å². The molecule has 0 N–H and O–H groups in total. The molecule has 0 unspecified atom stereocenters. The van der Waals surface area contributed by atoms with E-state index in [1.807, 2.05) is 6.92 Å². The van der Waals surface area contributed by atoms with Gasteiger partial charge in [0.1, 0.15) is 24.9 Å². The fourth-order valence-electron chi connectivity index (χ4n) is 2.93. The molecule has 0 spiro atoms. The van der Waals surface area contributed by atoms with E-state index in [9.17, 15) is 26.4 Å². The van der Waals surface area contributed by atoms with Crippen molar-refractivity contribution >= 4 is 16.1 Å². The molecule has 2 aliphatic heterocycles. The molecule has 29 heavy (non-hydrogen) atoms. The fraction of sp³-hybridized carbons (Fsp3) is 0.588. The highest BCUT2D eigenvalue weighted by atomic mass is 32.2. The van der Waals surface area contributed by atoms with E-state index in [-0.39, 0.29) is 5.56 Å². The highest BCUT2D eigenvalue weighted by molar-refractivity contribution is 7.87. The lowest BCUT2D eigenvalue weighted by atomic mass is 10.1. The first kappa shape index (κ1) is 22.0. The summed E-state index contributed by atoms with van der Waals surface area (Å²) in [4.78, 5) is 12.1. The number of carbonyl (C=O) groups excluding carboxylic acids is 1. The molecule has 8 nitrogen and oxygen atoms in total. The summed E-state index contributed by atoms with van der Waals surface area (Å²) in [5.74, 6) is -1.98. The molecule has 0 radical (unpaired) electrons. The Balaban J connectivity index is 1.74. The van der Waals surface area contributed by atoms with Crippen LogP contribution in [0, 0.1) is 6.92 Å². The van der Waals surface area contributed by atoms with Crippen LogP contribution in [0.25, 0.3) is 0 Å².